The van der Waals surface area contributed by atoms with Crippen LogP contribution in [0.25, 0.3) is 0 Å². The molecule has 1 amide bonds. The second kappa shape index (κ2) is 3.31. The van der Waals surface area contributed by atoms with Crippen LogP contribution < -0.4 is 0 Å². The number of methoxy groups -OCH3 is 1. The third-order valence-corrected chi connectivity index (χ3v) is 2.37. The average Bonchev–Trinajstić information content (AvgIpc) is 2.48. The van der Waals surface area contributed by atoms with Crippen molar-refractivity contribution in [1.29, 1.82) is 0 Å². The van der Waals surface area contributed by atoms with E-state index in [1.165, 1.54) is 7.11 Å². The van der Waals surface area contributed by atoms with Gasteiger partial charge in [-0.15, -0.1) is 0 Å². The third kappa shape index (κ3) is 1.69. The van der Waals surface area contributed by atoms with Gasteiger partial charge in [0, 0.05) is 18.5 Å². The molecule has 1 aliphatic heterocycles. The molecule has 12 heavy (non-hydrogen) atoms. The van der Waals surface area contributed by atoms with Crippen LogP contribution in [0, 0.1) is 5.41 Å². The molecule has 0 radical (unpaired) electrons. The third-order valence-electron chi connectivity index (χ3n) is 2.37. The Morgan fingerprint density at radius 3 is 2.83 bits per heavy atom. The highest BCUT2D eigenvalue weighted by Crippen LogP contribution is 2.29. The van der Waals surface area contributed by atoms with E-state index >= 15 is 0 Å². The van der Waals surface area contributed by atoms with Gasteiger partial charge < -0.3 is 14.7 Å². The Balaban J connectivity index is 2.50. The van der Waals surface area contributed by atoms with Crippen molar-refractivity contribution in [2.45, 2.75) is 13.3 Å². The van der Waals surface area contributed by atoms with Crippen molar-refractivity contribution in [1.82, 2.24) is 4.90 Å². The van der Waals surface area contributed by atoms with Crippen LogP contribution in [0.3, 0.4) is 0 Å². The van der Waals surface area contributed by atoms with Crippen molar-refractivity contribution >= 4 is 6.09 Å². The Morgan fingerprint density at radius 2 is 2.42 bits per heavy atom. The first kappa shape index (κ1) is 9.32. The van der Waals surface area contributed by atoms with Gasteiger partial charge in [0.1, 0.15) is 0 Å². The van der Waals surface area contributed by atoms with E-state index in [1.807, 2.05) is 6.92 Å². The molecule has 4 heteroatoms. The van der Waals surface area contributed by atoms with Crippen LogP contribution in [0.2, 0.25) is 0 Å². The van der Waals surface area contributed by atoms with Crippen LogP contribution in [0.4, 0.5) is 4.79 Å². The zero-order chi connectivity index (χ0) is 9.19. The Kier molecular flexibility index (Phi) is 2.57. The molecule has 1 heterocycles. The summed E-state index contributed by atoms with van der Waals surface area (Å²) in [7, 11) is 1.37. The van der Waals surface area contributed by atoms with Crippen molar-refractivity contribution in [2.24, 2.45) is 5.41 Å². The monoisotopic (exact) mass is 173 g/mol. The fourth-order valence-electron chi connectivity index (χ4n) is 1.44. The van der Waals surface area contributed by atoms with Gasteiger partial charge in [-0.1, -0.05) is 6.92 Å². The Morgan fingerprint density at radius 1 is 1.75 bits per heavy atom. The second-order valence-corrected chi connectivity index (χ2v) is 3.61. The van der Waals surface area contributed by atoms with E-state index in [0.29, 0.717) is 13.1 Å². The summed E-state index contributed by atoms with van der Waals surface area (Å²) in [6.07, 6.45) is 0.547. The molecule has 0 aromatic carbocycles. The van der Waals surface area contributed by atoms with E-state index in [4.69, 9.17) is 5.11 Å². The summed E-state index contributed by atoms with van der Waals surface area (Å²) in [4.78, 5) is 12.7. The molecule has 1 N–H and O–H groups in total. The maximum atomic E-state index is 11.0. The Hall–Kier alpha value is -0.770. The molecule has 70 valence electrons. The normalized spacial score (nSPS) is 29.1. The predicted octanol–water partition coefficient (Wildman–Crippen LogP) is 0.457. The fourth-order valence-corrected chi connectivity index (χ4v) is 1.44. The number of hydrogen-bond acceptors (Lipinski definition) is 3. The minimum absolute atomic E-state index is 0.125. The fraction of sp³-hybridized carbons (Fsp3) is 0.875. The van der Waals surface area contributed by atoms with E-state index in [1.54, 1.807) is 4.90 Å². The van der Waals surface area contributed by atoms with Gasteiger partial charge in [-0.05, 0) is 6.42 Å². The molecule has 0 aliphatic carbocycles. The van der Waals surface area contributed by atoms with Gasteiger partial charge in [0.2, 0.25) is 0 Å². The van der Waals surface area contributed by atoms with Crippen LogP contribution in [0.5, 0.6) is 0 Å². The highest BCUT2D eigenvalue weighted by Gasteiger charge is 2.35. The molecule has 1 atom stereocenters. The number of likely N-dealkylation sites (tertiary alicyclic amines) is 1. The number of nitrogens with zero attached hydrogens (tertiary/aromatic N) is 1. The van der Waals surface area contributed by atoms with Gasteiger partial charge in [-0.2, -0.15) is 0 Å². The van der Waals surface area contributed by atoms with Gasteiger partial charge in [0.15, 0.2) is 0 Å². The molecule has 0 aromatic rings. The first-order valence-corrected chi connectivity index (χ1v) is 4.05. The van der Waals surface area contributed by atoms with Gasteiger partial charge in [0.25, 0.3) is 0 Å². The molecule has 1 aliphatic rings. The minimum atomic E-state index is -0.299. The van der Waals surface area contributed by atoms with E-state index < -0.39 is 0 Å². The lowest BCUT2D eigenvalue weighted by Crippen LogP contribution is -2.32. The quantitative estimate of drug-likeness (QED) is 0.626. The van der Waals surface area contributed by atoms with Crippen LogP contribution >= 0.6 is 0 Å². The SMILES string of the molecule is COC(=O)N1CCC(C)(CO)C1. The van der Waals surface area contributed by atoms with Crippen molar-refractivity contribution in [3.05, 3.63) is 0 Å². The number of aliphatic hydroxyl groups excluding tert-OH is 1. The number of carbonyl (C=O) groups is 1. The molecular formula is C8H15NO3. The van der Waals surface area contributed by atoms with Gasteiger partial charge in [-0.3, -0.25) is 0 Å². The van der Waals surface area contributed by atoms with Gasteiger partial charge in [0.05, 0.1) is 13.7 Å². The number of carbonyl (C=O) groups excluding carboxylic acids is 1. The zero-order valence-corrected chi connectivity index (χ0v) is 7.54. The minimum Gasteiger partial charge on any atom is -0.453 e. The predicted molar refractivity (Wildman–Crippen MR) is 43.8 cm³/mol. The Bertz CT molecular complexity index is 183. The van der Waals surface area contributed by atoms with Crippen molar-refractivity contribution in [3.63, 3.8) is 0 Å². The topological polar surface area (TPSA) is 49.8 Å². The highest BCUT2D eigenvalue weighted by atomic mass is 16.5. The smallest absolute Gasteiger partial charge is 0.409 e. The van der Waals surface area contributed by atoms with Crippen LogP contribution in [-0.2, 0) is 4.74 Å². The van der Waals surface area contributed by atoms with E-state index in [0.717, 1.165) is 6.42 Å². The summed E-state index contributed by atoms with van der Waals surface area (Å²) < 4.78 is 4.58. The van der Waals surface area contributed by atoms with E-state index in [2.05, 4.69) is 4.74 Å². The lowest BCUT2D eigenvalue weighted by molar-refractivity contribution is 0.115. The maximum Gasteiger partial charge on any atom is 0.409 e. The molecule has 1 rings (SSSR count). The largest absolute Gasteiger partial charge is 0.453 e. The van der Waals surface area contributed by atoms with Crippen molar-refractivity contribution in [3.8, 4) is 0 Å². The lowest BCUT2D eigenvalue weighted by Gasteiger charge is -2.20. The molecule has 0 saturated carbocycles. The molecular weight excluding hydrogens is 158 g/mol. The maximum absolute atomic E-state index is 11.0. The standard InChI is InChI=1S/C8H15NO3/c1-8(6-10)3-4-9(5-8)7(11)12-2/h10H,3-6H2,1-2H3. The first-order valence-electron chi connectivity index (χ1n) is 4.05. The average molecular weight is 173 g/mol. The molecule has 1 fully saturated rings. The van der Waals surface area contributed by atoms with E-state index in [-0.39, 0.29) is 18.1 Å². The molecule has 1 saturated heterocycles. The Labute approximate surface area is 72.1 Å². The highest BCUT2D eigenvalue weighted by molar-refractivity contribution is 5.67. The van der Waals surface area contributed by atoms with Crippen molar-refractivity contribution < 1.29 is 14.6 Å². The summed E-state index contributed by atoms with van der Waals surface area (Å²) in [6.45, 7) is 3.37. The van der Waals surface area contributed by atoms with E-state index in [9.17, 15) is 4.79 Å². The van der Waals surface area contributed by atoms with Crippen molar-refractivity contribution in [2.75, 3.05) is 26.8 Å². The number of rotatable bonds is 1. The second-order valence-electron chi connectivity index (χ2n) is 3.61. The summed E-state index contributed by atoms with van der Waals surface area (Å²) >= 11 is 0. The number of hydrogen-bond donors (Lipinski definition) is 1. The lowest BCUT2D eigenvalue weighted by atomic mass is 9.91. The molecule has 1 unspecified atom stereocenters. The number of aliphatic hydroxyl groups is 1. The number of ether oxygens (including phenoxy) is 1. The van der Waals surface area contributed by atoms with Crippen LogP contribution in [-0.4, -0.2) is 42.9 Å². The molecule has 0 spiro atoms. The zero-order valence-electron chi connectivity index (χ0n) is 7.54. The summed E-state index contributed by atoms with van der Waals surface area (Å²) in [6, 6.07) is 0. The molecule has 0 aromatic heterocycles. The van der Waals surface area contributed by atoms with Crippen LogP contribution in [0.15, 0.2) is 0 Å². The van der Waals surface area contributed by atoms with Gasteiger partial charge in [-0.25, -0.2) is 4.79 Å². The van der Waals surface area contributed by atoms with Crippen LogP contribution in [0.1, 0.15) is 13.3 Å². The summed E-state index contributed by atoms with van der Waals surface area (Å²) in [5.74, 6) is 0. The first-order chi connectivity index (χ1) is 5.61. The van der Waals surface area contributed by atoms with Gasteiger partial charge >= 0.3 is 6.09 Å². The summed E-state index contributed by atoms with van der Waals surface area (Å²) in [5.41, 5.74) is -0.131. The number of amides is 1. The summed E-state index contributed by atoms with van der Waals surface area (Å²) in [5, 5.41) is 9.02. The molecule has 4 nitrogen and oxygen atoms in total. The molecule has 0 bridgehead atoms.